The smallest absolute Gasteiger partial charge is 0.0777 e. The van der Waals surface area contributed by atoms with Crippen molar-refractivity contribution in [1.29, 1.82) is 0 Å². The van der Waals surface area contributed by atoms with Gasteiger partial charge in [0.2, 0.25) is 0 Å². The monoisotopic (exact) mass is 342 g/mol. The Morgan fingerprint density at radius 1 is 1.13 bits per heavy atom. The van der Waals surface area contributed by atoms with Crippen molar-refractivity contribution in [2.24, 2.45) is 0 Å². The largest absolute Gasteiger partial charge is 0.339 e. The first kappa shape index (κ1) is 21.5. The zero-order chi connectivity index (χ0) is 11.6. The number of halogens is 1. The molecule has 95 valence electrons. The Kier molecular flexibility index (Phi) is 19.0. The van der Waals surface area contributed by atoms with Crippen molar-refractivity contribution in [1.82, 2.24) is 0 Å². The zero-order valence-electron chi connectivity index (χ0n) is 9.12. The predicted octanol–water partition coefficient (Wildman–Crippen LogP) is -1.00. The first-order chi connectivity index (χ1) is 6.35. The van der Waals surface area contributed by atoms with Gasteiger partial charge in [-0.1, -0.05) is 26.7 Å². The molecule has 0 aliphatic rings. The minimum absolute atomic E-state index is 0. The second-order valence-corrected chi connectivity index (χ2v) is 6.21. The average molecular weight is 344 g/mol. The minimum Gasteiger partial charge on any atom is -0.339 e. The van der Waals surface area contributed by atoms with E-state index in [1.165, 1.54) is 31.3 Å². The molecule has 0 bridgehead atoms. The molecule has 0 aromatic carbocycles. The molecule has 0 aromatic rings. The van der Waals surface area contributed by atoms with Crippen LogP contribution in [0.1, 0.15) is 26.7 Å². The second kappa shape index (κ2) is 13.3. The maximum absolute atomic E-state index is 8.60. The Bertz CT molecular complexity index is 112. The van der Waals surface area contributed by atoms with Gasteiger partial charge in [-0.05, 0) is 12.3 Å². The SMILES string of the molecule is [CH2-]CP(CCC)CCC.[O-][Cl+3]([O-])([O-])O.[Tc]. The van der Waals surface area contributed by atoms with Crippen molar-refractivity contribution in [3.05, 3.63) is 6.92 Å². The molecule has 0 saturated carbocycles. The van der Waals surface area contributed by atoms with Crippen LogP contribution in [-0.2, 0) is 20.1 Å². The molecule has 0 spiro atoms. The standard InChI is InChI=1S/C8H18P.ClHO4.Tc/c1-4-7-9(6-3)8-5-2;2-1(3,4)5;/h3-8H2,1-2H3;(H,2,3,4,5);/q-1;;. The third-order valence-electron chi connectivity index (χ3n) is 1.40. The summed E-state index contributed by atoms with van der Waals surface area (Å²) < 4.78 is 32.7. The molecule has 1 N–H and O–H groups in total. The van der Waals surface area contributed by atoms with E-state index in [-0.39, 0.29) is 20.1 Å². The van der Waals surface area contributed by atoms with E-state index in [4.69, 9.17) is 18.6 Å². The van der Waals surface area contributed by atoms with Gasteiger partial charge in [0.25, 0.3) is 0 Å². The number of hydrogen-bond donors (Lipinski definition) is 1. The topological polar surface area (TPSA) is 89.4 Å². The van der Waals surface area contributed by atoms with Gasteiger partial charge in [-0.15, -0.1) is 7.92 Å². The van der Waals surface area contributed by atoms with Crippen LogP contribution >= 0.6 is 7.92 Å². The van der Waals surface area contributed by atoms with Gasteiger partial charge in [0, 0.05) is 20.1 Å². The quantitative estimate of drug-likeness (QED) is 0.512. The summed E-state index contributed by atoms with van der Waals surface area (Å²) >= 11 is 0. The summed E-state index contributed by atoms with van der Waals surface area (Å²) in [5.41, 5.74) is 0. The van der Waals surface area contributed by atoms with Crippen molar-refractivity contribution >= 4 is 7.92 Å². The molecule has 0 amide bonds. The molecule has 0 atom stereocenters. The molecular formula is C8H19ClO4PTc-. The summed E-state index contributed by atoms with van der Waals surface area (Å²) in [6.07, 6.45) is 6.76. The summed E-state index contributed by atoms with van der Waals surface area (Å²) in [6.45, 7) is 8.48. The van der Waals surface area contributed by atoms with Crippen LogP contribution in [0.5, 0.6) is 0 Å². The normalized spacial score (nSPS) is 10.4. The van der Waals surface area contributed by atoms with Gasteiger partial charge in [0.1, 0.15) is 0 Å². The first-order valence-electron chi connectivity index (χ1n) is 4.49. The van der Waals surface area contributed by atoms with Crippen LogP contribution in [0.3, 0.4) is 0 Å². The molecule has 15 heavy (non-hydrogen) atoms. The van der Waals surface area contributed by atoms with Gasteiger partial charge in [-0.3, -0.25) is 0 Å². The molecule has 4 nitrogen and oxygen atoms in total. The summed E-state index contributed by atoms with van der Waals surface area (Å²) in [5.74, 6) is 0. The average Bonchev–Trinajstić information content (AvgIpc) is 2.01. The zero-order valence-corrected chi connectivity index (χ0v) is 12.6. The Morgan fingerprint density at radius 2 is 1.40 bits per heavy atom. The molecule has 0 unspecified atom stereocenters. The van der Waals surface area contributed by atoms with Crippen molar-refractivity contribution in [2.45, 2.75) is 26.7 Å². The Balaban J connectivity index is -0.000000208. The van der Waals surface area contributed by atoms with Gasteiger partial charge >= 0.3 is 0 Å². The molecule has 0 fully saturated rings. The van der Waals surface area contributed by atoms with E-state index < -0.39 is 10.2 Å². The Hall–Kier alpha value is 1.21. The van der Waals surface area contributed by atoms with E-state index in [0.29, 0.717) is 7.92 Å². The molecule has 0 aromatic heterocycles. The Labute approximate surface area is 109 Å². The summed E-state index contributed by atoms with van der Waals surface area (Å²) in [4.78, 5) is 0. The van der Waals surface area contributed by atoms with Crippen LogP contribution in [0.25, 0.3) is 0 Å². The van der Waals surface area contributed by atoms with E-state index in [0.717, 1.165) is 0 Å². The molecule has 0 aliphatic carbocycles. The molecular weight excluding hydrogens is 325 g/mol. The second-order valence-electron chi connectivity index (χ2n) is 2.74. The van der Waals surface area contributed by atoms with Crippen LogP contribution in [0.4, 0.5) is 0 Å². The van der Waals surface area contributed by atoms with Crippen molar-refractivity contribution in [2.75, 3.05) is 18.5 Å². The molecule has 0 aliphatic heterocycles. The van der Waals surface area contributed by atoms with E-state index in [2.05, 4.69) is 20.8 Å². The Morgan fingerprint density at radius 3 is 1.53 bits per heavy atom. The molecule has 0 saturated heterocycles. The van der Waals surface area contributed by atoms with Crippen LogP contribution in [0.2, 0.25) is 0 Å². The van der Waals surface area contributed by atoms with Crippen LogP contribution < -0.4 is 14.0 Å². The van der Waals surface area contributed by atoms with E-state index in [9.17, 15) is 0 Å². The fourth-order valence-electron chi connectivity index (χ4n) is 0.968. The molecule has 0 rings (SSSR count). The predicted molar refractivity (Wildman–Crippen MR) is 49.7 cm³/mol. The third kappa shape index (κ3) is 31.3. The van der Waals surface area contributed by atoms with Crippen LogP contribution in [0.15, 0.2) is 0 Å². The van der Waals surface area contributed by atoms with Gasteiger partial charge in [-0.25, -0.2) is 0 Å². The van der Waals surface area contributed by atoms with Crippen molar-refractivity contribution in [3.63, 3.8) is 0 Å². The minimum atomic E-state index is -4.69. The third-order valence-corrected chi connectivity index (χ3v) is 4.19. The summed E-state index contributed by atoms with van der Waals surface area (Å²) in [5, 5.41) is 0. The van der Waals surface area contributed by atoms with E-state index in [1.54, 1.807) is 0 Å². The first-order valence-corrected chi connectivity index (χ1v) is 7.66. The maximum atomic E-state index is 8.60. The fraction of sp³-hybridized carbons (Fsp3) is 0.875. The van der Waals surface area contributed by atoms with Gasteiger partial charge in [-0.2, -0.15) is 20.1 Å². The molecule has 1 radical (unpaired) electrons. The van der Waals surface area contributed by atoms with Crippen LogP contribution in [0, 0.1) is 17.2 Å². The van der Waals surface area contributed by atoms with E-state index in [1.807, 2.05) is 0 Å². The number of rotatable bonds is 5. The van der Waals surface area contributed by atoms with Gasteiger partial charge in [0.15, 0.2) is 0 Å². The van der Waals surface area contributed by atoms with Crippen molar-refractivity contribution < 1.29 is 49.0 Å². The summed E-state index contributed by atoms with van der Waals surface area (Å²) in [6, 6.07) is 0. The summed E-state index contributed by atoms with van der Waals surface area (Å²) in [7, 11) is -4.36. The van der Waals surface area contributed by atoms with Gasteiger partial charge < -0.3 is 6.92 Å². The number of hydrogen-bond acceptors (Lipinski definition) is 4. The fourth-order valence-corrected chi connectivity index (χ4v) is 2.90. The van der Waals surface area contributed by atoms with E-state index >= 15 is 0 Å². The molecule has 0 heterocycles. The maximum Gasteiger partial charge on any atom is 0.0777 e. The van der Waals surface area contributed by atoms with Crippen LogP contribution in [-0.4, -0.2) is 23.1 Å². The molecule has 7 heteroatoms. The van der Waals surface area contributed by atoms with Gasteiger partial charge in [0.05, 0.1) is 14.9 Å². The van der Waals surface area contributed by atoms with Crippen molar-refractivity contribution in [3.8, 4) is 0 Å².